The van der Waals surface area contributed by atoms with E-state index in [1.54, 1.807) is 43.6 Å². The molecule has 1 aliphatic rings. The van der Waals surface area contributed by atoms with Crippen LogP contribution in [0, 0.1) is 5.92 Å². The van der Waals surface area contributed by atoms with Crippen molar-refractivity contribution in [3.05, 3.63) is 42.2 Å². The van der Waals surface area contributed by atoms with Gasteiger partial charge in [-0.05, 0) is 25.0 Å². The molecule has 10 heteroatoms. The van der Waals surface area contributed by atoms with Gasteiger partial charge in [-0.1, -0.05) is 18.2 Å². The highest BCUT2D eigenvalue weighted by Gasteiger charge is 2.32. The summed E-state index contributed by atoms with van der Waals surface area (Å²) < 4.78 is 28.2. The zero-order valence-corrected chi connectivity index (χ0v) is 16.6. The number of piperidine rings is 1. The third-order valence-electron chi connectivity index (χ3n) is 4.73. The Kier molecular flexibility index (Phi) is 5.80. The summed E-state index contributed by atoms with van der Waals surface area (Å²) in [6.07, 6.45) is 2.39. The average Bonchev–Trinajstić information content (AvgIpc) is 3.08. The molecule has 0 unspecified atom stereocenters. The van der Waals surface area contributed by atoms with Crippen LogP contribution in [0.4, 0.5) is 5.69 Å². The second-order valence-corrected chi connectivity index (χ2v) is 8.56. The topological polar surface area (TPSA) is 113 Å². The number of amides is 2. The molecule has 1 saturated heterocycles. The third-order valence-corrected chi connectivity index (χ3v) is 6.65. The molecule has 0 spiro atoms. The Morgan fingerprint density at radius 1 is 1.14 bits per heavy atom. The Hall–Kier alpha value is -2.72. The Bertz CT molecular complexity index is 963. The van der Waals surface area contributed by atoms with E-state index < -0.39 is 10.0 Å². The van der Waals surface area contributed by atoms with Crippen molar-refractivity contribution in [3.8, 4) is 0 Å². The van der Waals surface area contributed by atoms with E-state index in [1.165, 1.54) is 16.0 Å². The van der Waals surface area contributed by atoms with Crippen molar-refractivity contribution >= 4 is 27.5 Å². The first-order chi connectivity index (χ1) is 13.3. The molecule has 0 saturated carbocycles. The van der Waals surface area contributed by atoms with Gasteiger partial charge in [-0.3, -0.25) is 14.3 Å². The minimum atomic E-state index is -3.55. The molecular weight excluding hydrogens is 382 g/mol. The minimum absolute atomic E-state index is 0.141. The van der Waals surface area contributed by atoms with Crippen molar-refractivity contribution in [2.24, 2.45) is 13.0 Å². The van der Waals surface area contributed by atoms with Crippen molar-refractivity contribution in [2.75, 3.05) is 25.5 Å². The second-order valence-electron chi connectivity index (χ2n) is 6.62. The lowest BCUT2D eigenvalue weighted by atomic mass is 9.97. The van der Waals surface area contributed by atoms with Gasteiger partial charge < -0.3 is 10.6 Å². The lowest BCUT2D eigenvalue weighted by Gasteiger charge is -2.30. The molecule has 1 aromatic carbocycles. The molecule has 1 aliphatic heterocycles. The van der Waals surface area contributed by atoms with Gasteiger partial charge in [0.25, 0.3) is 5.91 Å². The van der Waals surface area contributed by atoms with Gasteiger partial charge in [0.2, 0.25) is 15.9 Å². The molecule has 0 aliphatic carbocycles. The number of nitrogens with zero attached hydrogens (tertiary/aromatic N) is 3. The SMILES string of the molecule is CNC(=O)c1nn(C)cc1NC(=O)C1CCN(S(=O)(=O)c2ccccc2)CC1. The maximum Gasteiger partial charge on any atom is 0.273 e. The van der Waals surface area contributed by atoms with Gasteiger partial charge in [0.05, 0.1) is 10.6 Å². The van der Waals surface area contributed by atoms with Gasteiger partial charge >= 0.3 is 0 Å². The Labute approximate surface area is 163 Å². The van der Waals surface area contributed by atoms with Crippen molar-refractivity contribution in [1.82, 2.24) is 19.4 Å². The van der Waals surface area contributed by atoms with E-state index in [2.05, 4.69) is 15.7 Å². The van der Waals surface area contributed by atoms with E-state index in [0.29, 0.717) is 18.5 Å². The molecule has 0 atom stereocenters. The van der Waals surface area contributed by atoms with Gasteiger partial charge in [0.15, 0.2) is 5.69 Å². The van der Waals surface area contributed by atoms with Crippen LogP contribution in [-0.4, -0.2) is 54.5 Å². The zero-order valence-electron chi connectivity index (χ0n) is 15.8. The summed E-state index contributed by atoms with van der Waals surface area (Å²) in [6, 6.07) is 8.27. The van der Waals surface area contributed by atoms with Gasteiger partial charge in [-0.25, -0.2) is 8.42 Å². The van der Waals surface area contributed by atoms with Crippen LogP contribution in [0.15, 0.2) is 41.4 Å². The lowest BCUT2D eigenvalue weighted by Crippen LogP contribution is -2.41. The Balaban J connectivity index is 1.64. The summed E-state index contributed by atoms with van der Waals surface area (Å²) in [5.41, 5.74) is 0.480. The number of carbonyl (C=O) groups excluding carboxylic acids is 2. The average molecular weight is 405 g/mol. The molecule has 2 aromatic rings. The molecule has 1 fully saturated rings. The highest BCUT2D eigenvalue weighted by Crippen LogP contribution is 2.25. The largest absolute Gasteiger partial charge is 0.354 e. The smallest absolute Gasteiger partial charge is 0.273 e. The van der Waals surface area contributed by atoms with Crippen LogP contribution >= 0.6 is 0 Å². The summed E-state index contributed by atoms with van der Waals surface area (Å²) in [6.45, 7) is 0.537. The van der Waals surface area contributed by atoms with Crippen molar-refractivity contribution in [3.63, 3.8) is 0 Å². The van der Waals surface area contributed by atoms with Gasteiger partial charge in [0.1, 0.15) is 0 Å². The first kappa shape index (κ1) is 20.0. The number of aromatic nitrogens is 2. The van der Waals surface area contributed by atoms with Gasteiger partial charge in [0, 0.05) is 39.3 Å². The molecule has 28 heavy (non-hydrogen) atoms. The lowest BCUT2D eigenvalue weighted by molar-refractivity contribution is -0.120. The van der Waals surface area contributed by atoms with E-state index in [1.807, 2.05) is 0 Å². The molecule has 2 N–H and O–H groups in total. The van der Waals surface area contributed by atoms with Crippen molar-refractivity contribution < 1.29 is 18.0 Å². The minimum Gasteiger partial charge on any atom is -0.354 e. The van der Waals surface area contributed by atoms with Crippen LogP contribution in [0.25, 0.3) is 0 Å². The Morgan fingerprint density at radius 2 is 1.79 bits per heavy atom. The van der Waals surface area contributed by atoms with Crippen molar-refractivity contribution in [2.45, 2.75) is 17.7 Å². The van der Waals surface area contributed by atoms with Crippen LogP contribution in [0.1, 0.15) is 23.3 Å². The molecule has 0 radical (unpaired) electrons. The molecule has 150 valence electrons. The molecule has 9 nitrogen and oxygen atoms in total. The molecule has 3 rings (SSSR count). The number of nitrogens with one attached hydrogen (secondary N) is 2. The number of sulfonamides is 1. The Morgan fingerprint density at radius 3 is 2.39 bits per heavy atom. The molecule has 0 bridgehead atoms. The van der Waals surface area contributed by atoms with Gasteiger partial charge in [-0.2, -0.15) is 9.40 Å². The monoisotopic (exact) mass is 405 g/mol. The van der Waals surface area contributed by atoms with E-state index >= 15 is 0 Å². The molecule has 2 heterocycles. The van der Waals surface area contributed by atoms with Crippen LogP contribution < -0.4 is 10.6 Å². The number of hydrogen-bond donors (Lipinski definition) is 2. The fourth-order valence-corrected chi connectivity index (χ4v) is 4.69. The van der Waals surface area contributed by atoms with Crippen LogP contribution in [0.5, 0.6) is 0 Å². The number of hydrogen-bond acceptors (Lipinski definition) is 5. The van der Waals surface area contributed by atoms with Crippen LogP contribution in [-0.2, 0) is 21.9 Å². The van der Waals surface area contributed by atoms with E-state index in [9.17, 15) is 18.0 Å². The molecular formula is C18H23N5O4S. The van der Waals surface area contributed by atoms with Crippen LogP contribution in [0.2, 0.25) is 0 Å². The fraction of sp³-hybridized carbons (Fsp3) is 0.389. The predicted molar refractivity (Wildman–Crippen MR) is 103 cm³/mol. The fourth-order valence-electron chi connectivity index (χ4n) is 3.20. The number of rotatable bonds is 5. The summed E-state index contributed by atoms with van der Waals surface area (Å²) in [7, 11) is -0.399. The first-order valence-corrected chi connectivity index (χ1v) is 10.4. The standard InChI is InChI=1S/C18H23N5O4S/c1-19-18(25)16-15(12-22(2)21-16)20-17(24)13-8-10-23(11-9-13)28(26,27)14-6-4-3-5-7-14/h3-7,12-13H,8-11H2,1-2H3,(H,19,25)(H,20,24). The van der Waals surface area contributed by atoms with Gasteiger partial charge in [-0.15, -0.1) is 0 Å². The maximum atomic E-state index is 12.7. The maximum absolute atomic E-state index is 12.7. The first-order valence-electron chi connectivity index (χ1n) is 8.94. The highest BCUT2D eigenvalue weighted by molar-refractivity contribution is 7.89. The second kappa shape index (κ2) is 8.11. The summed E-state index contributed by atoms with van der Waals surface area (Å²) in [5, 5.41) is 9.30. The van der Waals surface area contributed by atoms with E-state index in [-0.39, 0.29) is 41.4 Å². The van der Waals surface area contributed by atoms with E-state index in [0.717, 1.165) is 0 Å². The number of benzene rings is 1. The highest BCUT2D eigenvalue weighted by atomic mass is 32.2. The zero-order chi connectivity index (χ0) is 20.3. The summed E-state index contributed by atoms with van der Waals surface area (Å²) >= 11 is 0. The normalized spacial score (nSPS) is 15.9. The summed E-state index contributed by atoms with van der Waals surface area (Å²) in [4.78, 5) is 24.8. The quantitative estimate of drug-likeness (QED) is 0.765. The number of carbonyl (C=O) groups is 2. The molecule has 1 aromatic heterocycles. The van der Waals surface area contributed by atoms with Crippen LogP contribution in [0.3, 0.4) is 0 Å². The third kappa shape index (κ3) is 4.07. The number of anilines is 1. The van der Waals surface area contributed by atoms with E-state index in [4.69, 9.17) is 0 Å². The molecule has 2 amide bonds. The van der Waals surface area contributed by atoms with Crippen molar-refractivity contribution in [1.29, 1.82) is 0 Å². The predicted octanol–water partition coefficient (Wildman–Crippen LogP) is 0.819. The number of aryl methyl sites for hydroxylation is 1. The summed E-state index contributed by atoms with van der Waals surface area (Å²) in [5.74, 6) is -0.963.